The summed E-state index contributed by atoms with van der Waals surface area (Å²) in [5.74, 6) is 6.39. The van der Waals surface area contributed by atoms with Crippen molar-refractivity contribution in [2.45, 2.75) is 26.0 Å². The fraction of sp³-hybridized carbons (Fsp3) is 0.385. The van der Waals surface area contributed by atoms with Crippen LogP contribution in [0.3, 0.4) is 0 Å². The number of rotatable bonds is 5. The molecule has 19 heavy (non-hydrogen) atoms. The molecule has 0 fully saturated rings. The van der Waals surface area contributed by atoms with Gasteiger partial charge in [0.1, 0.15) is 5.75 Å². The highest BCUT2D eigenvalue weighted by Crippen LogP contribution is 2.23. The van der Waals surface area contributed by atoms with E-state index >= 15 is 0 Å². The van der Waals surface area contributed by atoms with Crippen LogP contribution in [0, 0.1) is 0 Å². The van der Waals surface area contributed by atoms with Crippen molar-refractivity contribution in [3.63, 3.8) is 0 Å². The highest BCUT2D eigenvalue weighted by molar-refractivity contribution is 5.31. The number of hydrogen-bond donors (Lipinski definition) is 2. The molecule has 0 amide bonds. The predicted octanol–water partition coefficient (Wildman–Crippen LogP) is 1.15. The summed E-state index contributed by atoms with van der Waals surface area (Å²) in [6.07, 6.45) is 5.31. The first-order valence-electron chi connectivity index (χ1n) is 6.17. The molecule has 3 N–H and O–H groups in total. The second-order valence-electron chi connectivity index (χ2n) is 4.60. The summed E-state index contributed by atoms with van der Waals surface area (Å²) in [6.45, 7) is 3.96. The van der Waals surface area contributed by atoms with Crippen molar-refractivity contribution in [3.8, 4) is 5.75 Å². The number of nitrogens with two attached hydrogens (primary N) is 1. The number of hydrogen-bond acceptors (Lipinski definition) is 5. The van der Waals surface area contributed by atoms with Gasteiger partial charge in [0.2, 0.25) is 0 Å². The van der Waals surface area contributed by atoms with Gasteiger partial charge in [0.25, 0.3) is 0 Å². The first kappa shape index (κ1) is 13.5. The number of nitrogens with zero attached hydrogens (tertiary/aromatic N) is 3. The molecule has 2 rings (SSSR count). The molecule has 0 aliphatic rings. The van der Waals surface area contributed by atoms with Crippen molar-refractivity contribution in [1.29, 1.82) is 0 Å². The Morgan fingerprint density at radius 1 is 1.37 bits per heavy atom. The van der Waals surface area contributed by atoms with E-state index in [-0.39, 0.29) is 12.1 Å². The van der Waals surface area contributed by atoms with Gasteiger partial charge in [0.15, 0.2) is 0 Å². The van der Waals surface area contributed by atoms with Crippen molar-refractivity contribution in [2.24, 2.45) is 12.9 Å². The minimum Gasteiger partial charge on any atom is -0.489 e. The molecule has 0 aliphatic carbocycles. The monoisotopic (exact) mass is 261 g/mol. The third-order valence-electron chi connectivity index (χ3n) is 2.76. The van der Waals surface area contributed by atoms with E-state index < -0.39 is 0 Å². The van der Waals surface area contributed by atoms with Crippen LogP contribution in [0.2, 0.25) is 0 Å². The molecule has 102 valence electrons. The van der Waals surface area contributed by atoms with Crippen LogP contribution >= 0.6 is 0 Å². The van der Waals surface area contributed by atoms with Crippen LogP contribution in [-0.2, 0) is 7.05 Å². The van der Waals surface area contributed by atoms with Crippen LogP contribution in [0.5, 0.6) is 5.75 Å². The molecule has 0 bridgehead atoms. The van der Waals surface area contributed by atoms with Gasteiger partial charge in [-0.2, -0.15) is 5.10 Å². The number of aromatic nitrogens is 3. The predicted molar refractivity (Wildman–Crippen MR) is 72.4 cm³/mol. The van der Waals surface area contributed by atoms with Gasteiger partial charge in [0.05, 0.1) is 24.0 Å². The summed E-state index contributed by atoms with van der Waals surface area (Å²) in [4.78, 5) is 4.20. The molecule has 0 saturated carbocycles. The number of ether oxygens (including phenoxy) is 1. The Hall–Kier alpha value is -1.92. The van der Waals surface area contributed by atoms with Crippen molar-refractivity contribution in [2.75, 3.05) is 0 Å². The summed E-state index contributed by atoms with van der Waals surface area (Å²) >= 11 is 0. The molecule has 6 heteroatoms. The quantitative estimate of drug-likeness (QED) is 0.623. The van der Waals surface area contributed by atoms with Gasteiger partial charge in [-0.15, -0.1) is 0 Å². The van der Waals surface area contributed by atoms with Gasteiger partial charge in [-0.05, 0) is 31.5 Å². The highest BCUT2D eigenvalue weighted by atomic mass is 16.5. The number of aryl methyl sites for hydroxylation is 1. The van der Waals surface area contributed by atoms with E-state index in [1.54, 1.807) is 23.3 Å². The van der Waals surface area contributed by atoms with E-state index in [0.29, 0.717) is 0 Å². The molecule has 6 nitrogen and oxygen atoms in total. The number of nitrogens with one attached hydrogen (secondary N) is 1. The third-order valence-corrected chi connectivity index (χ3v) is 2.76. The van der Waals surface area contributed by atoms with E-state index in [2.05, 4.69) is 15.5 Å². The van der Waals surface area contributed by atoms with Gasteiger partial charge >= 0.3 is 0 Å². The Kier molecular flexibility index (Phi) is 4.13. The topological polar surface area (TPSA) is 78.0 Å². The Morgan fingerprint density at radius 3 is 2.74 bits per heavy atom. The smallest absolute Gasteiger partial charge is 0.138 e. The van der Waals surface area contributed by atoms with E-state index in [1.165, 1.54) is 0 Å². The molecule has 0 spiro atoms. The standard InChI is InChI=1S/C13H19N5O/c1-9(2)19-11-6-10(7-15-8-11)13(17-14)12-4-5-16-18(12)3/h4-9,13,17H,14H2,1-3H3. The van der Waals surface area contributed by atoms with Crippen molar-refractivity contribution in [1.82, 2.24) is 20.2 Å². The van der Waals surface area contributed by atoms with E-state index in [0.717, 1.165) is 17.0 Å². The largest absolute Gasteiger partial charge is 0.489 e. The SMILES string of the molecule is CC(C)Oc1cncc(C(NN)c2ccnn2C)c1. The normalized spacial score (nSPS) is 12.7. The zero-order valence-electron chi connectivity index (χ0n) is 11.4. The van der Waals surface area contributed by atoms with Crippen molar-refractivity contribution < 1.29 is 4.74 Å². The molecule has 0 aromatic carbocycles. The second-order valence-corrected chi connectivity index (χ2v) is 4.60. The summed E-state index contributed by atoms with van der Waals surface area (Å²) in [5, 5.41) is 4.15. The first-order chi connectivity index (χ1) is 9.11. The van der Waals surface area contributed by atoms with Crippen molar-refractivity contribution >= 4 is 0 Å². The van der Waals surface area contributed by atoms with E-state index in [9.17, 15) is 0 Å². The molecule has 2 aromatic heterocycles. The average molecular weight is 261 g/mol. The summed E-state index contributed by atoms with van der Waals surface area (Å²) in [6, 6.07) is 3.68. The van der Waals surface area contributed by atoms with E-state index in [4.69, 9.17) is 10.6 Å². The lowest BCUT2D eigenvalue weighted by Gasteiger charge is -2.17. The van der Waals surface area contributed by atoms with Gasteiger partial charge < -0.3 is 4.74 Å². The number of pyridine rings is 1. The molecule has 2 heterocycles. The minimum atomic E-state index is -0.171. The molecule has 0 saturated heterocycles. The highest BCUT2D eigenvalue weighted by Gasteiger charge is 2.17. The lowest BCUT2D eigenvalue weighted by atomic mass is 10.1. The minimum absolute atomic E-state index is 0.109. The van der Waals surface area contributed by atoms with Crippen LogP contribution in [0.25, 0.3) is 0 Å². The maximum Gasteiger partial charge on any atom is 0.138 e. The Bertz CT molecular complexity index is 537. The molecular formula is C13H19N5O. The average Bonchev–Trinajstić information content (AvgIpc) is 2.77. The number of hydrazine groups is 1. The van der Waals surface area contributed by atoms with Crippen LogP contribution in [0.4, 0.5) is 0 Å². The van der Waals surface area contributed by atoms with Gasteiger partial charge in [-0.1, -0.05) is 0 Å². The molecular weight excluding hydrogens is 242 g/mol. The lowest BCUT2D eigenvalue weighted by Crippen LogP contribution is -2.30. The molecule has 1 atom stereocenters. The van der Waals surface area contributed by atoms with Crippen LogP contribution in [0.15, 0.2) is 30.7 Å². The fourth-order valence-electron chi connectivity index (χ4n) is 1.95. The van der Waals surface area contributed by atoms with Crippen LogP contribution < -0.4 is 16.0 Å². The zero-order chi connectivity index (χ0) is 13.8. The maximum absolute atomic E-state index is 5.66. The third kappa shape index (κ3) is 3.10. The molecule has 2 aromatic rings. The fourth-order valence-corrected chi connectivity index (χ4v) is 1.95. The van der Waals surface area contributed by atoms with Crippen LogP contribution in [-0.4, -0.2) is 20.9 Å². The van der Waals surface area contributed by atoms with Gasteiger partial charge in [0, 0.05) is 19.4 Å². The molecule has 0 aliphatic heterocycles. The van der Waals surface area contributed by atoms with Gasteiger partial charge in [-0.3, -0.25) is 15.5 Å². The first-order valence-corrected chi connectivity index (χ1v) is 6.17. The van der Waals surface area contributed by atoms with Crippen LogP contribution in [0.1, 0.15) is 31.1 Å². The summed E-state index contributed by atoms with van der Waals surface area (Å²) < 4.78 is 7.42. The Balaban J connectivity index is 2.31. The van der Waals surface area contributed by atoms with Crippen molar-refractivity contribution in [3.05, 3.63) is 42.0 Å². The molecule has 0 radical (unpaired) electrons. The Morgan fingerprint density at radius 2 is 2.16 bits per heavy atom. The van der Waals surface area contributed by atoms with E-state index in [1.807, 2.05) is 33.0 Å². The second kappa shape index (κ2) is 5.81. The summed E-state index contributed by atoms with van der Waals surface area (Å²) in [7, 11) is 1.88. The summed E-state index contributed by atoms with van der Waals surface area (Å²) in [5.41, 5.74) is 4.68. The molecule has 1 unspecified atom stereocenters. The maximum atomic E-state index is 5.66. The van der Waals surface area contributed by atoms with Gasteiger partial charge in [-0.25, -0.2) is 5.43 Å². The zero-order valence-corrected chi connectivity index (χ0v) is 11.4. The Labute approximate surface area is 112 Å². The lowest BCUT2D eigenvalue weighted by molar-refractivity contribution is 0.241.